The van der Waals surface area contributed by atoms with E-state index in [0.29, 0.717) is 19.3 Å². The van der Waals surface area contributed by atoms with Crippen molar-refractivity contribution in [3.8, 4) is 0 Å². The van der Waals surface area contributed by atoms with Gasteiger partial charge in [-0.2, -0.15) is 0 Å². The van der Waals surface area contributed by atoms with E-state index in [-0.39, 0.29) is 18.4 Å². The Balaban J connectivity index is 1.76. The number of amides is 1. The summed E-state index contributed by atoms with van der Waals surface area (Å²) in [5.41, 5.74) is 0.906. The van der Waals surface area contributed by atoms with Crippen molar-refractivity contribution in [2.75, 3.05) is 0 Å². The van der Waals surface area contributed by atoms with Crippen LogP contribution in [0.15, 0.2) is 30.3 Å². The molecule has 5 nitrogen and oxygen atoms in total. The molecule has 0 unspecified atom stereocenters. The minimum Gasteiger partial charge on any atom is -0.459 e. The largest absolute Gasteiger partial charge is 0.459 e. The highest BCUT2D eigenvalue weighted by molar-refractivity contribution is 5.85. The molecule has 1 aromatic carbocycles. The first-order valence-electron chi connectivity index (χ1n) is 7.25. The summed E-state index contributed by atoms with van der Waals surface area (Å²) < 4.78 is 5.17. The van der Waals surface area contributed by atoms with Crippen LogP contribution in [-0.2, 0) is 20.9 Å². The molecule has 1 amide bonds. The predicted molar refractivity (Wildman–Crippen MR) is 77.2 cm³/mol. The highest BCUT2D eigenvalue weighted by Gasteiger charge is 2.30. The van der Waals surface area contributed by atoms with E-state index in [1.807, 2.05) is 30.3 Å². The summed E-state index contributed by atoms with van der Waals surface area (Å²) in [6.45, 7) is 1.80. The Morgan fingerprint density at radius 2 is 2.05 bits per heavy atom. The summed E-state index contributed by atoms with van der Waals surface area (Å²) in [7, 11) is 0. The molecule has 1 aromatic rings. The standard InChI is InChI=1S/C16H21NO4/c1-11(17-15(19)13-7-8-14(18)9-13)16(20)21-10-12-5-3-2-4-6-12/h2-6,11,13-14,18H,7-10H2,1H3,(H,17,19)/t11-,13-,14-/m1/s1. The van der Waals surface area contributed by atoms with E-state index in [1.54, 1.807) is 6.92 Å². The van der Waals surface area contributed by atoms with Gasteiger partial charge in [-0.25, -0.2) is 4.79 Å². The maximum atomic E-state index is 11.9. The van der Waals surface area contributed by atoms with Gasteiger partial charge in [0.2, 0.25) is 5.91 Å². The van der Waals surface area contributed by atoms with E-state index in [9.17, 15) is 14.7 Å². The van der Waals surface area contributed by atoms with Crippen LogP contribution >= 0.6 is 0 Å². The average molecular weight is 291 g/mol. The molecule has 2 N–H and O–H groups in total. The fraction of sp³-hybridized carbons (Fsp3) is 0.500. The van der Waals surface area contributed by atoms with Crippen molar-refractivity contribution in [2.24, 2.45) is 5.92 Å². The van der Waals surface area contributed by atoms with Crippen molar-refractivity contribution in [3.63, 3.8) is 0 Å². The quantitative estimate of drug-likeness (QED) is 0.804. The molecule has 21 heavy (non-hydrogen) atoms. The van der Waals surface area contributed by atoms with Gasteiger partial charge in [0, 0.05) is 5.92 Å². The lowest BCUT2D eigenvalue weighted by molar-refractivity contribution is -0.149. The molecule has 2 rings (SSSR count). The third-order valence-electron chi connectivity index (χ3n) is 3.71. The van der Waals surface area contributed by atoms with Crippen molar-refractivity contribution in [1.82, 2.24) is 5.32 Å². The number of benzene rings is 1. The maximum absolute atomic E-state index is 11.9. The number of rotatable bonds is 5. The Hall–Kier alpha value is -1.88. The highest BCUT2D eigenvalue weighted by Crippen LogP contribution is 2.25. The molecule has 0 radical (unpaired) electrons. The van der Waals surface area contributed by atoms with E-state index in [2.05, 4.69) is 5.32 Å². The minimum atomic E-state index is -0.682. The molecule has 3 atom stereocenters. The molecular formula is C16H21NO4. The number of aliphatic hydroxyl groups excluding tert-OH is 1. The van der Waals surface area contributed by atoms with E-state index < -0.39 is 18.1 Å². The Morgan fingerprint density at radius 3 is 2.67 bits per heavy atom. The van der Waals surface area contributed by atoms with Gasteiger partial charge in [-0.15, -0.1) is 0 Å². The smallest absolute Gasteiger partial charge is 0.328 e. The average Bonchev–Trinajstić information content (AvgIpc) is 2.92. The van der Waals surface area contributed by atoms with Crippen molar-refractivity contribution in [1.29, 1.82) is 0 Å². The number of esters is 1. The third-order valence-corrected chi connectivity index (χ3v) is 3.71. The first-order valence-corrected chi connectivity index (χ1v) is 7.25. The lowest BCUT2D eigenvalue weighted by Gasteiger charge is -2.16. The Kier molecular flexibility index (Phi) is 5.33. The topological polar surface area (TPSA) is 75.6 Å². The van der Waals surface area contributed by atoms with Crippen LogP contribution in [0.2, 0.25) is 0 Å². The van der Waals surface area contributed by atoms with Crippen molar-refractivity contribution >= 4 is 11.9 Å². The van der Waals surface area contributed by atoms with Gasteiger partial charge in [0.25, 0.3) is 0 Å². The van der Waals surface area contributed by atoms with Crippen molar-refractivity contribution in [2.45, 2.75) is 44.9 Å². The zero-order valence-corrected chi connectivity index (χ0v) is 12.1. The first kappa shape index (κ1) is 15.5. The van der Waals surface area contributed by atoms with Crippen LogP contribution in [0.3, 0.4) is 0 Å². The monoisotopic (exact) mass is 291 g/mol. The van der Waals surface area contributed by atoms with Gasteiger partial charge >= 0.3 is 5.97 Å². The molecule has 0 heterocycles. The minimum absolute atomic E-state index is 0.185. The van der Waals surface area contributed by atoms with E-state index in [0.717, 1.165) is 5.56 Å². The second-order valence-electron chi connectivity index (χ2n) is 5.49. The van der Waals surface area contributed by atoms with Gasteiger partial charge in [0.1, 0.15) is 12.6 Å². The molecule has 0 bridgehead atoms. The predicted octanol–water partition coefficient (Wildman–Crippen LogP) is 1.40. The van der Waals surface area contributed by atoms with Gasteiger partial charge in [-0.3, -0.25) is 4.79 Å². The Bertz CT molecular complexity index is 488. The van der Waals surface area contributed by atoms with Crippen LogP contribution in [0, 0.1) is 5.92 Å². The summed E-state index contributed by atoms with van der Waals surface area (Å²) >= 11 is 0. The lowest BCUT2D eigenvalue weighted by Crippen LogP contribution is -2.42. The molecule has 5 heteroatoms. The van der Waals surface area contributed by atoms with Crippen molar-refractivity contribution < 1.29 is 19.4 Å². The van der Waals surface area contributed by atoms with Crippen molar-refractivity contribution in [3.05, 3.63) is 35.9 Å². The second-order valence-corrected chi connectivity index (χ2v) is 5.49. The molecule has 1 fully saturated rings. The van der Waals surface area contributed by atoms with Crippen LogP contribution in [0.5, 0.6) is 0 Å². The summed E-state index contributed by atoms with van der Waals surface area (Å²) in [5, 5.41) is 12.1. The Labute approximate surface area is 124 Å². The summed E-state index contributed by atoms with van der Waals surface area (Å²) in [5.74, 6) is -0.842. The highest BCUT2D eigenvalue weighted by atomic mass is 16.5. The summed E-state index contributed by atoms with van der Waals surface area (Å²) in [4.78, 5) is 23.8. The number of nitrogens with one attached hydrogen (secondary N) is 1. The molecule has 0 spiro atoms. The summed E-state index contributed by atoms with van der Waals surface area (Å²) in [6.07, 6.45) is 1.38. The number of hydrogen-bond donors (Lipinski definition) is 2. The van der Waals surface area contributed by atoms with E-state index in [4.69, 9.17) is 4.74 Å². The van der Waals surface area contributed by atoms with Crippen LogP contribution in [0.1, 0.15) is 31.7 Å². The zero-order valence-electron chi connectivity index (χ0n) is 12.1. The number of carbonyl (C=O) groups excluding carboxylic acids is 2. The number of ether oxygens (including phenoxy) is 1. The van der Waals surface area contributed by atoms with E-state index in [1.165, 1.54) is 0 Å². The van der Waals surface area contributed by atoms with Gasteiger partial charge in [0.05, 0.1) is 6.10 Å². The van der Waals surface area contributed by atoms with E-state index >= 15 is 0 Å². The first-order chi connectivity index (χ1) is 10.1. The molecule has 0 aliphatic heterocycles. The van der Waals surface area contributed by atoms with Gasteiger partial charge in [-0.05, 0) is 31.7 Å². The van der Waals surface area contributed by atoms with Crippen LogP contribution in [-0.4, -0.2) is 29.1 Å². The molecule has 0 aromatic heterocycles. The Morgan fingerprint density at radius 1 is 1.33 bits per heavy atom. The molecule has 114 valence electrons. The van der Waals surface area contributed by atoms with Gasteiger partial charge < -0.3 is 15.2 Å². The van der Waals surface area contributed by atoms with Crippen LogP contribution < -0.4 is 5.32 Å². The fourth-order valence-corrected chi connectivity index (χ4v) is 2.44. The third kappa shape index (κ3) is 4.56. The molecular weight excluding hydrogens is 270 g/mol. The molecule has 1 aliphatic rings. The van der Waals surface area contributed by atoms with Crippen LogP contribution in [0.25, 0.3) is 0 Å². The van der Waals surface area contributed by atoms with Crippen LogP contribution in [0.4, 0.5) is 0 Å². The SMILES string of the molecule is C[C@@H](NC(=O)[C@@H]1CC[C@@H](O)C1)C(=O)OCc1ccccc1. The van der Waals surface area contributed by atoms with Gasteiger partial charge in [0.15, 0.2) is 0 Å². The fourth-order valence-electron chi connectivity index (χ4n) is 2.44. The molecule has 1 saturated carbocycles. The maximum Gasteiger partial charge on any atom is 0.328 e. The normalized spacial score (nSPS) is 22.6. The van der Waals surface area contributed by atoms with Gasteiger partial charge in [-0.1, -0.05) is 30.3 Å². The molecule has 0 saturated heterocycles. The zero-order chi connectivity index (χ0) is 15.2. The number of carbonyl (C=O) groups is 2. The second kappa shape index (κ2) is 7.22. The summed E-state index contributed by atoms with van der Waals surface area (Å²) in [6, 6.07) is 8.70. The lowest BCUT2D eigenvalue weighted by atomic mass is 10.1. The number of aliphatic hydroxyl groups is 1. The molecule has 1 aliphatic carbocycles. The number of hydrogen-bond acceptors (Lipinski definition) is 4.